The minimum Gasteiger partial charge on any atom is -0.481 e. The van der Waals surface area contributed by atoms with Crippen molar-refractivity contribution in [2.75, 3.05) is 0 Å². The molecule has 0 radical (unpaired) electrons. The monoisotopic (exact) mass is 243 g/mol. The summed E-state index contributed by atoms with van der Waals surface area (Å²) in [4.78, 5) is 10.5. The molecule has 0 atom stereocenters. The molecule has 0 saturated carbocycles. The van der Waals surface area contributed by atoms with Crippen molar-refractivity contribution in [2.24, 2.45) is 0 Å². The number of carboxylic acid groups (broad SMARTS) is 1. The van der Waals surface area contributed by atoms with Crippen LogP contribution >= 0.6 is 23.2 Å². The highest BCUT2D eigenvalue weighted by atomic mass is 35.5. The van der Waals surface area contributed by atoms with Gasteiger partial charge in [0.25, 0.3) is 0 Å². The number of rotatable bonds is 3. The first-order valence-electron chi connectivity index (χ1n) is 4.07. The average molecular weight is 244 g/mol. The standard InChI is InChI=1S/C10H7Cl2NO2/c11-4-8-7(5-13)1-6(2-9(8)12)3-10(14)15/h1-2H,3-4H2,(H,14,15). The van der Waals surface area contributed by atoms with Gasteiger partial charge in [0.15, 0.2) is 0 Å². The molecular weight excluding hydrogens is 237 g/mol. The van der Waals surface area contributed by atoms with Gasteiger partial charge in [-0.25, -0.2) is 0 Å². The molecule has 1 N–H and O–H groups in total. The summed E-state index contributed by atoms with van der Waals surface area (Å²) in [5.41, 5.74) is 1.36. The molecule has 0 aliphatic carbocycles. The van der Waals surface area contributed by atoms with Crippen molar-refractivity contribution in [3.63, 3.8) is 0 Å². The largest absolute Gasteiger partial charge is 0.481 e. The van der Waals surface area contributed by atoms with Crippen LogP contribution in [0.2, 0.25) is 5.02 Å². The lowest BCUT2D eigenvalue weighted by Crippen LogP contribution is -2.01. The molecule has 0 aliphatic heterocycles. The second-order valence-electron chi connectivity index (χ2n) is 2.92. The topological polar surface area (TPSA) is 61.1 Å². The van der Waals surface area contributed by atoms with Crippen LogP contribution in [0, 0.1) is 11.3 Å². The van der Waals surface area contributed by atoms with Crippen molar-refractivity contribution in [1.29, 1.82) is 5.26 Å². The van der Waals surface area contributed by atoms with Crippen molar-refractivity contribution >= 4 is 29.2 Å². The average Bonchev–Trinajstić information content (AvgIpc) is 2.15. The smallest absolute Gasteiger partial charge is 0.307 e. The number of nitrogens with zero attached hydrogens (tertiary/aromatic N) is 1. The first kappa shape index (κ1) is 11.8. The van der Waals surface area contributed by atoms with E-state index in [2.05, 4.69) is 0 Å². The lowest BCUT2D eigenvalue weighted by Gasteiger charge is -2.05. The number of aliphatic carboxylic acids is 1. The van der Waals surface area contributed by atoms with Crippen molar-refractivity contribution in [3.05, 3.63) is 33.8 Å². The van der Waals surface area contributed by atoms with Gasteiger partial charge in [-0.05, 0) is 17.7 Å². The number of benzene rings is 1. The summed E-state index contributed by atoms with van der Waals surface area (Å²) in [5.74, 6) is -0.830. The number of hydrogen-bond acceptors (Lipinski definition) is 2. The molecule has 0 fully saturated rings. The predicted molar refractivity (Wildman–Crippen MR) is 57.1 cm³/mol. The Bertz CT molecular complexity index is 438. The fourth-order valence-corrected chi connectivity index (χ4v) is 1.87. The quantitative estimate of drug-likeness (QED) is 0.831. The fraction of sp³-hybridized carbons (Fsp3) is 0.200. The highest BCUT2D eigenvalue weighted by Gasteiger charge is 2.10. The van der Waals surface area contributed by atoms with E-state index >= 15 is 0 Å². The third-order valence-electron chi connectivity index (χ3n) is 1.86. The molecule has 1 rings (SSSR count). The predicted octanol–water partition coefficient (Wildman–Crippen LogP) is 2.58. The molecular formula is C10H7Cl2NO2. The van der Waals surface area contributed by atoms with Crippen LogP contribution in [0.5, 0.6) is 0 Å². The number of halogens is 2. The summed E-state index contributed by atoms with van der Waals surface area (Å²) < 4.78 is 0. The molecule has 0 saturated heterocycles. The van der Waals surface area contributed by atoms with E-state index in [9.17, 15) is 4.79 Å². The van der Waals surface area contributed by atoms with Gasteiger partial charge >= 0.3 is 5.97 Å². The minimum absolute atomic E-state index is 0.134. The summed E-state index contributed by atoms with van der Waals surface area (Å²) in [6, 6.07) is 4.96. The molecule has 5 heteroatoms. The van der Waals surface area contributed by atoms with Crippen LogP contribution in [0.25, 0.3) is 0 Å². The van der Waals surface area contributed by atoms with E-state index in [1.165, 1.54) is 12.1 Å². The van der Waals surface area contributed by atoms with Crippen molar-refractivity contribution in [1.82, 2.24) is 0 Å². The molecule has 15 heavy (non-hydrogen) atoms. The molecule has 0 spiro atoms. The maximum Gasteiger partial charge on any atom is 0.307 e. The summed E-state index contributed by atoms with van der Waals surface area (Å²) in [7, 11) is 0. The van der Waals surface area contributed by atoms with Crippen molar-refractivity contribution < 1.29 is 9.90 Å². The van der Waals surface area contributed by atoms with Gasteiger partial charge in [-0.3, -0.25) is 4.79 Å². The molecule has 0 aromatic heterocycles. The van der Waals surface area contributed by atoms with Gasteiger partial charge in [0, 0.05) is 10.6 Å². The summed E-state index contributed by atoms with van der Waals surface area (Å²) in [5, 5.41) is 17.7. The van der Waals surface area contributed by atoms with Gasteiger partial charge in [0.05, 0.1) is 23.9 Å². The number of nitriles is 1. The molecule has 0 aliphatic rings. The zero-order valence-corrected chi connectivity index (χ0v) is 9.14. The van der Waals surface area contributed by atoms with E-state index in [-0.39, 0.29) is 12.3 Å². The Balaban J connectivity index is 3.21. The molecule has 1 aromatic rings. The van der Waals surface area contributed by atoms with Crippen molar-refractivity contribution in [3.8, 4) is 6.07 Å². The van der Waals surface area contributed by atoms with Crippen LogP contribution in [0.4, 0.5) is 0 Å². The van der Waals surface area contributed by atoms with Gasteiger partial charge < -0.3 is 5.11 Å². The molecule has 0 unspecified atom stereocenters. The third-order valence-corrected chi connectivity index (χ3v) is 2.47. The summed E-state index contributed by atoms with van der Waals surface area (Å²) in [6.07, 6.45) is -0.156. The van der Waals surface area contributed by atoms with Crippen LogP contribution in [-0.4, -0.2) is 11.1 Å². The number of carboxylic acids is 1. The third kappa shape index (κ3) is 2.85. The van der Waals surface area contributed by atoms with Crippen LogP contribution in [0.1, 0.15) is 16.7 Å². The molecule has 78 valence electrons. The van der Waals surface area contributed by atoms with Gasteiger partial charge in [0.2, 0.25) is 0 Å². The fourth-order valence-electron chi connectivity index (χ4n) is 1.20. The highest BCUT2D eigenvalue weighted by molar-refractivity contribution is 6.32. The van der Waals surface area contributed by atoms with E-state index < -0.39 is 5.97 Å². The van der Waals surface area contributed by atoms with E-state index in [4.69, 9.17) is 33.6 Å². The van der Waals surface area contributed by atoms with Crippen LogP contribution in [-0.2, 0) is 17.1 Å². The normalized spacial score (nSPS) is 9.67. The van der Waals surface area contributed by atoms with Gasteiger partial charge in [0.1, 0.15) is 0 Å². The molecule has 3 nitrogen and oxygen atoms in total. The Morgan fingerprint density at radius 1 is 1.53 bits per heavy atom. The zero-order chi connectivity index (χ0) is 11.4. The number of carbonyl (C=O) groups is 1. The zero-order valence-electron chi connectivity index (χ0n) is 7.63. The van der Waals surface area contributed by atoms with E-state index in [0.717, 1.165) is 0 Å². The van der Waals surface area contributed by atoms with Gasteiger partial charge in [-0.2, -0.15) is 5.26 Å². The summed E-state index contributed by atoms with van der Waals surface area (Å²) in [6.45, 7) is 0. The maximum atomic E-state index is 10.5. The highest BCUT2D eigenvalue weighted by Crippen LogP contribution is 2.24. The Morgan fingerprint density at radius 2 is 2.20 bits per heavy atom. The van der Waals surface area contributed by atoms with E-state index in [1.807, 2.05) is 6.07 Å². The van der Waals surface area contributed by atoms with Crippen LogP contribution in [0.3, 0.4) is 0 Å². The SMILES string of the molecule is N#Cc1cc(CC(=O)O)cc(Cl)c1CCl. The lowest BCUT2D eigenvalue weighted by atomic mass is 10.0. The second kappa shape index (κ2) is 5.01. The Labute approximate surface area is 96.8 Å². The van der Waals surface area contributed by atoms with Crippen molar-refractivity contribution in [2.45, 2.75) is 12.3 Å². The summed E-state index contributed by atoms with van der Waals surface area (Å²) >= 11 is 11.5. The Morgan fingerprint density at radius 3 is 2.67 bits per heavy atom. The van der Waals surface area contributed by atoms with E-state index in [0.29, 0.717) is 21.7 Å². The number of hydrogen-bond donors (Lipinski definition) is 1. The van der Waals surface area contributed by atoms with E-state index in [1.54, 1.807) is 0 Å². The molecule has 0 heterocycles. The second-order valence-corrected chi connectivity index (χ2v) is 3.59. The molecule has 0 bridgehead atoms. The Hall–Kier alpha value is -1.24. The first-order chi connectivity index (χ1) is 7.08. The molecule has 0 amide bonds. The van der Waals surface area contributed by atoms with Gasteiger partial charge in [-0.15, -0.1) is 11.6 Å². The Kier molecular flexibility index (Phi) is 3.96. The number of alkyl halides is 1. The minimum atomic E-state index is -0.964. The van der Waals surface area contributed by atoms with Crippen LogP contribution in [0.15, 0.2) is 12.1 Å². The van der Waals surface area contributed by atoms with Gasteiger partial charge in [-0.1, -0.05) is 11.6 Å². The van der Waals surface area contributed by atoms with Crippen LogP contribution < -0.4 is 0 Å². The molecule has 1 aromatic carbocycles. The first-order valence-corrected chi connectivity index (χ1v) is 4.99. The lowest BCUT2D eigenvalue weighted by molar-refractivity contribution is -0.136. The maximum absolute atomic E-state index is 10.5.